The Balaban J connectivity index is 2.44. The minimum atomic E-state index is -3.77. The van der Waals surface area contributed by atoms with E-state index in [-0.39, 0.29) is 12.5 Å². The Labute approximate surface area is 205 Å². The smallest absolute Gasteiger partial charge is 0.244 e. The molecule has 7 nitrogen and oxygen atoms in total. The van der Waals surface area contributed by atoms with Gasteiger partial charge in [-0.1, -0.05) is 49.4 Å². The Hall–Kier alpha value is -2.39. The third kappa shape index (κ3) is 7.85. The molecule has 0 heterocycles. The highest BCUT2D eigenvalue weighted by Gasteiger charge is 2.33. The van der Waals surface area contributed by atoms with E-state index in [1.54, 1.807) is 24.3 Å². The molecule has 0 spiro atoms. The highest BCUT2D eigenvalue weighted by Crippen LogP contribution is 2.28. The molecule has 0 bridgehead atoms. The zero-order valence-electron chi connectivity index (χ0n) is 19.7. The third-order valence-electron chi connectivity index (χ3n) is 4.88. The van der Waals surface area contributed by atoms with Crippen LogP contribution in [0.5, 0.6) is 0 Å². The lowest BCUT2D eigenvalue weighted by Crippen LogP contribution is -2.55. The van der Waals surface area contributed by atoms with Gasteiger partial charge < -0.3 is 10.2 Å². The van der Waals surface area contributed by atoms with Crippen molar-refractivity contribution in [3.63, 3.8) is 0 Å². The van der Waals surface area contributed by atoms with Crippen LogP contribution >= 0.6 is 15.9 Å². The van der Waals surface area contributed by atoms with Crippen LogP contribution in [0, 0.1) is 0 Å². The molecule has 9 heteroatoms. The quantitative estimate of drug-likeness (QED) is 0.524. The summed E-state index contributed by atoms with van der Waals surface area (Å²) in [4.78, 5) is 28.1. The van der Waals surface area contributed by atoms with E-state index >= 15 is 0 Å². The standard InChI is InChI=1S/C24H32BrN3O4S/c1-6-20(23(30)26-24(2,3)4)27(16-18-12-8-7-9-13-18)22(29)17-28(33(5,31)32)21-15-11-10-14-19(21)25/h7-15,20H,6,16-17H2,1-5H3,(H,26,30). The maximum atomic E-state index is 13.6. The molecule has 0 aliphatic rings. The van der Waals surface area contributed by atoms with Gasteiger partial charge in [0.2, 0.25) is 21.8 Å². The predicted molar refractivity (Wildman–Crippen MR) is 135 cm³/mol. The number of carbonyl (C=O) groups is 2. The summed E-state index contributed by atoms with van der Waals surface area (Å²) in [5.41, 5.74) is 0.736. The van der Waals surface area contributed by atoms with Gasteiger partial charge in [-0.25, -0.2) is 8.42 Å². The first kappa shape index (κ1) is 26.9. The lowest BCUT2D eigenvalue weighted by molar-refractivity contribution is -0.141. The molecular weight excluding hydrogens is 506 g/mol. The molecule has 2 rings (SSSR count). The number of benzene rings is 2. The minimum Gasteiger partial charge on any atom is -0.350 e. The number of halogens is 1. The number of hydrogen-bond donors (Lipinski definition) is 1. The number of anilines is 1. The van der Waals surface area contributed by atoms with Crippen LogP contribution in [0.4, 0.5) is 5.69 Å². The summed E-state index contributed by atoms with van der Waals surface area (Å²) in [6.45, 7) is 7.22. The van der Waals surface area contributed by atoms with Crippen molar-refractivity contribution in [2.24, 2.45) is 0 Å². The molecule has 0 radical (unpaired) electrons. The Bertz CT molecular complexity index is 1070. The van der Waals surface area contributed by atoms with Crippen molar-refractivity contribution in [1.29, 1.82) is 0 Å². The van der Waals surface area contributed by atoms with Crippen LogP contribution in [0.3, 0.4) is 0 Å². The van der Waals surface area contributed by atoms with E-state index in [1.807, 2.05) is 58.0 Å². The largest absolute Gasteiger partial charge is 0.350 e. The molecule has 33 heavy (non-hydrogen) atoms. The first-order valence-corrected chi connectivity index (χ1v) is 13.3. The second-order valence-electron chi connectivity index (χ2n) is 8.89. The zero-order valence-corrected chi connectivity index (χ0v) is 22.1. The fraction of sp³-hybridized carbons (Fsp3) is 0.417. The molecule has 0 aromatic heterocycles. The fourth-order valence-corrected chi connectivity index (χ4v) is 4.88. The van der Waals surface area contributed by atoms with E-state index < -0.39 is 34.1 Å². The highest BCUT2D eigenvalue weighted by atomic mass is 79.9. The summed E-state index contributed by atoms with van der Waals surface area (Å²) < 4.78 is 26.8. The van der Waals surface area contributed by atoms with Crippen molar-refractivity contribution >= 4 is 43.5 Å². The molecular formula is C24H32BrN3O4S. The van der Waals surface area contributed by atoms with Crippen LogP contribution < -0.4 is 9.62 Å². The van der Waals surface area contributed by atoms with Gasteiger partial charge in [-0.05, 0) is 60.8 Å². The molecule has 0 aliphatic heterocycles. The van der Waals surface area contributed by atoms with Crippen molar-refractivity contribution in [3.05, 3.63) is 64.6 Å². The lowest BCUT2D eigenvalue weighted by atomic mass is 10.1. The van der Waals surface area contributed by atoms with Gasteiger partial charge in [0.1, 0.15) is 12.6 Å². The van der Waals surface area contributed by atoms with Crippen LogP contribution in [0.2, 0.25) is 0 Å². The van der Waals surface area contributed by atoms with E-state index in [2.05, 4.69) is 21.2 Å². The zero-order chi connectivity index (χ0) is 24.8. The first-order valence-electron chi connectivity index (χ1n) is 10.7. The summed E-state index contributed by atoms with van der Waals surface area (Å²) in [6, 6.07) is 15.4. The predicted octanol–water partition coefficient (Wildman–Crippen LogP) is 3.94. The Morgan fingerprint density at radius 3 is 2.12 bits per heavy atom. The van der Waals surface area contributed by atoms with Crippen molar-refractivity contribution in [3.8, 4) is 0 Å². The molecule has 180 valence electrons. The van der Waals surface area contributed by atoms with Crippen LogP contribution in [0.15, 0.2) is 59.1 Å². The molecule has 0 aliphatic carbocycles. The molecule has 2 aromatic carbocycles. The number of hydrogen-bond acceptors (Lipinski definition) is 4. The van der Waals surface area contributed by atoms with Crippen molar-refractivity contribution in [2.45, 2.75) is 52.2 Å². The van der Waals surface area contributed by atoms with Crippen molar-refractivity contribution in [1.82, 2.24) is 10.2 Å². The normalized spacial score (nSPS) is 12.7. The summed E-state index contributed by atoms with van der Waals surface area (Å²) in [6.07, 6.45) is 1.44. The Morgan fingerprint density at radius 2 is 1.61 bits per heavy atom. The summed E-state index contributed by atoms with van der Waals surface area (Å²) in [5.74, 6) is -0.739. The lowest BCUT2D eigenvalue weighted by Gasteiger charge is -2.34. The second kappa shape index (κ2) is 11.2. The Kier molecular flexibility index (Phi) is 9.08. The third-order valence-corrected chi connectivity index (χ3v) is 6.68. The molecule has 2 aromatic rings. The molecule has 0 fully saturated rings. The van der Waals surface area contributed by atoms with Gasteiger partial charge in [-0.3, -0.25) is 13.9 Å². The molecule has 0 saturated carbocycles. The maximum absolute atomic E-state index is 13.6. The van der Waals surface area contributed by atoms with E-state index in [0.29, 0.717) is 16.6 Å². The van der Waals surface area contributed by atoms with Gasteiger partial charge in [0, 0.05) is 16.6 Å². The Morgan fingerprint density at radius 1 is 1.03 bits per heavy atom. The summed E-state index contributed by atoms with van der Waals surface area (Å²) in [7, 11) is -3.77. The van der Waals surface area contributed by atoms with E-state index in [1.165, 1.54) is 4.90 Å². The van der Waals surface area contributed by atoms with Crippen molar-refractivity contribution < 1.29 is 18.0 Å². The number of sulfonamides is 1. The maximum Gasteiger partial charge on any atom is 0.244 e. The van der Waals surface area contributed by atoms with E-state index in [0.717, 1.165) is 16.1 Å². The van der Waals surface area contributed by atoms with Crippen LogP contribution in [0.25, 0.3) is 0 Å². The summed E-state index contributed by atoms with van der Waals surface area (Å²) in [5, 5.41) is 2.94. The monoisotopic (exact) mass is 537 g/mol. The minimum absolute atomic E-state index is 0.184. The van der Waals surface area contributed by atoms with Gasteiger partial charge in [0.05, 0.1) is 11.9 Å². The number of carbonyl (C=O) groups excluding carboxylic acids is 2. The van der Waals surface area contributed by atoms with E-state index in [4.69, 9.17) is 0 Å². The second-order valence-corrected chi connectivity index (χ2v) is 11.7. The average molecular weight is 539 g/mol. The van der Waals surface area contributed by atoms with Gasteiger partial charge in [-0.2, -0.15) is 0 Å². The van der Waals surface area contributed by atoms with Gasteiger partial charge >= 0.3 is 0 Å². The van der Waals surface area contributed by atoms with Crippen LogP contribution in [-0.4, -0.2) is 49.5 Å². The number of amides is 2. The van der Waals surface area contributed by atoms with Crippen LogP contribution in [0.1, 0.15) is 39.7 Å². The highest BCUT2D eigenvalue weighted by molar-refractivity contribution is 9.10. The first-order chi connectivity index (χ1) is 15.3. The van der Waals surface area contributed by atoms with Gasteiger partial charge in [0.25, 0.3) is 0 Å². The van der Waals surface area contributed by atoms with Crippen LogP contribution in [-0.2, 0) is 26.2 Å². The number of nitrogens with one attached hydrogen (secondary N) is 1. The van der Waals surface area contributed by atoms with E-state index in [9.17, 15) is 18.0 Å². The van der Waals surface area contributed by atoms with Gasteiger partial charge in [-0.15, -0.1) is 0 Å². The van der Waals surface area contributed by atoms with Gasteiger partial charge in [0.15, 0.2) is 0 Å². The molecule has 1 unspecified atom stereocenters. The fourth-order valence-electron chi connectivity index (χ4n) is 3.40. The number of para-hydroxylation sites is 1. The molecule has 1 atom stereocenters. The molecule has 0 saturated heterocycles. The average Bonchev–Trinajstić information content (AvgIpc) is 2.71. The molecule has 1 N–H and O–H groups in total. The SMILES string of the molecule is CCC(C(=O)NC(C)(C)C)N(Cc1ccccc1)C(=O)CN(c1ccccc1Br)S(C)(=O)=O. The number of nitrogens with zero attached hydrogens (tertiary/aromatic N) is 2. The molecule has 2 amide bonds. The summed E-state index contributed by atoms with van der Waals surface area (Å²) >= 11 is 3.37. The van der Waals surface area contributed by atoms with Crippen molar-refractivity contribution in [2.75, 3.05) is 17.1 Å². The number of rotatable bonds is 9. The topological polar surface area (TPSA) is 86.8 Å².